The number of hydrogen-bond donors (Lipinski definition) is 2. The maximum atomic E-state index is 12.2. The largest absolute Gasteiger partial charge is 0.399 e. The molecule has 6 nitrogen and oxygen atoms in total. The lowest BCUT2D eigenvalue weighted by Crippen LogP contribution is -2.51. The van der Waals surface area contributed by atoms with Crippen molar-refractivity contribution in [2.75, 3.05) is 45.5 Å². The summed E-state index contributed by atoms with van der Waals surface area (Å²) in [6, 6.07) is 7.39. The number of hydrogen-bond acceptors (Lipinski definition) is 4. The molecular weight excluding hydrogens is 268 g/mol. The Hall–Kier alpha value is -2.08. The minimum atomic E-state index is 0.0108. The Bertz CT molecular complexity index is 493. The monoisotopic (exact) mass is 290 g/mol. The first-order valence-electron chi connectivity index (χ1n) is 7.13. The highest BCUT2D eigenvalue weighted by molar-refractivity contribution is 5.79. The summed E-state index contributed by atoms with van der Waals surface area (Å²) in [7, 11) is 1.63. The van der Waals surface area contributed by atoms with Gasteiger partial charge in [-0.25, -0.2) is 0 Å². The minimum absolute atomic E-state index is 0.0108. The van der Waals surface area contributed by atoms with Crippen molar-refractivity contribution < 1.29 is 9.59 Å². The molecule has 6 heteroatoms. The van der Waals surface area contributed by atoms with Gasteiger partial charge in [-0.3, -0.25) is 14.5 Å². The van der Waals surface area contributed by atoms with E-state index in [0.717, 1.165) is 18.7 Å². The van der Waals surface area contributed by atoms with Crippen molar-refractivity contribution >= 4 is 17.5 Å². The zero-order valence-electron chi connectivity index (χ0n) is 12.3. The fourth-order valence-corrected chi connectivity index (χ4v) is 2.36. The standard InChI is InChI=1S/C15H22N4O2/c1-17-14(20)11-18-6-8-19(9-7-18)15(21)10-12-2-4-13(16)5-3-12/h2-5H,6-11,16H2,1H3,(H,17,20). The SMILES string of the molecule is CNC(=O)CN1CCN(C(=O)Cc2ccc(N)cc2)CC1. The molecule has 1 fully saturated rings. The molecule has 0 aromatic heterocycles. The van der Waals surface area contributed by atoms with Gasteiger partial charge in [0.15, 0.2) is 0 Å². The smallest absolute Gasteiger partial charge is 0.233 e. The van der Waals surface area contributed by atoms with E-state index < -0.39 is 0 Å². The van der Waals surface area contributed by atoms with Crippen molar-refractivity contribution in [1.82, 2.24) is 15.1 Å². The van der Waals surface area contributed by atoms with Gasteiger partial charge in [-0.2, -0.15) is 0 Å². The highest BCUT2D eigenvalue weighted by atomic mass is 16.2. The summed E-state index contributed by atoms with van der Waals surface area (Å²) in [5, 5.41) is 2.61. The summed E-state index contributed by atoms with van der Waals surface area (Å²) in [5.74, 6) is 0.135. The van der Waals surface area contributed by atoms with Gasteiger partial charge in [0.1, 0.15) is 0 Å². The second-order valence-electron chi connectivity index (χ2n) is 5.25. The first-order chi connectivity index (χ1) is 10.1. The Morgan fingerprint density at radius 3 is 2.33 bits per heavy atom. The quantitative estimate of drug-likeness (QED) is 0.746. The van der Waals surface area contributed by atoms with Gasteiger partial charge in [-0.15, -0.1) is 0 Å². The number of nitrogen functional groups attached to an aromatic ring is 1. The van der Waals surface area contributed by atoms with Crippen LogP contribution in [0.15, 0.2) is 24.3 Å². The molecule has 114 valence electrons. The Morgan fingerprint density at radius 2 is 1.76 bits per heavy atom. The van der Waals surface area contributed by atoms with E-state index in [1.54, 1.807) is 7.05 Å². The van der Waals surface area contributed by atoms with Crippen molar-refractivity contribution in [3.8, 4) is 0 Å². The lowest BCUT2D eigenvalue weighted by molar-refractivity contribution is -0.132. The number of likely N-dealkylation sites (N-methyl/N-ethyl adjacent to an activating group) is 1. The fourth-order valence-electron chi connectivity index (χ4n) is 2.36. The van der Waals surface area contributed by atoms with Gasteiger partial charge in [0, 0.05) is 38.9 Å². The molecule has 2 rings (SSSR count). The maximum Gasteiger partial charge on any atom is 0.233 e. The van der Waals surface area contributed by atoms with Crippen LogP contribution < -0.4 is 11.1 Å². The average molecular weight is 290 g/mol. The van der Waals surface area contributed by atoms with Gasteiger partial charge in [-0.05, 0) is 17.7 Å². The predicted octanol–water partition coefficient (Wildman–Crippen LogP) is -0.298. The second-order valence-corrected chi connectivity index (χ2v) is 5.25. The lowest BCUT2D eigenvalue weighted by atomic mass is 10.1. The number of amides is 2. The summed E-state index contributed by atoms with van der Waals surface area (Å²) in [5.41, 5.74) is 7.31. The number of rotatable bonds is 4. The van der Waals surface area contributed by atoms with Crippen LogP contribution in [-0.2, 0) is 16.0 Å². The number of carbonyl (C=O) groups excluding carboxylic acids is 2. The lowest BCUT2D eigenvalue weighted by Gasteiger charge is -2.34. The molecular formula is C15H22N4O2. The molecule has 2 amide bonds. The molecule has 0 spiro atoms. The van der Waals surface area contributed by atoms with Crippen LogP contribution in [0, 0.1) is 0 Å². The van der Waals surface area contributed by atoms with Crippen molar-refractivity contribution in [2.45, 2.75) is 6.42 Å². The molecule has 0 aliphatic carbocycles. The van der Waals surface area contributed by atoms with Crippen LogP contribution in [0.5, 0.6) is 0 Å². The molecule has 0 saturated carbocycles. The van der Waals surface area contributed by atoms with Crippen molar-refractivity contribution in [2.24, 2.45) is 0 Å². The molecule has 0 unspecified atom stereocenters. The van der Waals surface area contributed by atoms with Crippen molar-refractivity contribution in [3.05, 3.63) is 29.8 Å². The van der Waals surface area contributed by atoms with E-state index in [9.17, 15) is 9.59 Å². The van der Waals surface area contributed by atoms with Crippen molar-refractivity contribution in [1.29, 1.82) is 0 Å². The molecule has 3 N–H and O–H groups in total. The van der Waals surface area contributed by atoms with Crippen LogP contribution in [0.25, 0.3) is 0 Å². The van der Waals surface area contributed by atoms with E-state index >= 15 is 0 Å². The third-order valence-corrected chi connectivity index (χ3v) is 3.71. The Kier molecular flexibility index (Phi) is 5.16. The van der Waals surface area contributed by atoms with Crippen LogP contribution in [0.4, 0.5) is 5.69 Å². The normalized spacial score (nSPS) is 15.8. The summed E-state index contributed by atoms with van der Waals surface area (Å²) >= 11 is 0. The summed E-state index contributed by atoms with van der Waals surface area (Å²) in [4.78, 5) is 27.5. The zero-order valence-corrected chi connectivity index (χ0v) is 12.3. The molecule has 1 saturated heterocycles. The van der Waals surface area contributed by atoms with E-state index in [4.69, 9.17) is 5.73 Å². The average Bonchev–Trinajstić information content (AvgIpc) is 2.50. The molecule has 21 heavy (non-hydrogen) atoms. The number of piperazine rings is 1. The van der Waals surface area contributed by atoms with Crippen LogP contribution >= 0.6 is 0 Å². The molecule has 1 aromatic rings. The van der Waals surface area contributed by atoms with Gasteiger partial charge < -0.3 is 16.0 Å². The third kappa shape index (κ3) is 4.46. The molecule has 1 aliphatic rings. The van der Waals surface area contributed by atoms with Gasteiger partial charge in [0.05, 0.1) is 13.0 Å². The Labute approximate surface area is 124 Å². The number of nitrogens with zero attached hydrogens (tertiary/aromatic N) is 2. The van der Waals surface area contributed by atoms with Gasteiger partial charge in [0.25, 0.3) is 0 Å². The molecule has 0 radical (unpaired) electrons. The van der Waals surface area contributed by atoms with E-state index in [0.29, 0.717) is 31.7 Å². The first kappa shape index (κ1) is 15.3. The van der Waals surface area contributed by atoms with E-state index in [-0.39, 0.29) is 11.8 Å². The summed E-state index contributed by atoms with van der Waals surface area (Å²) in [6.07, 6.45) is 0.399. The molecule has 0 bridgehead atoms. The van der Waals surface area contributed by atoms with Crippen molar-refractivity contribution in [3.63, 3.8) is 0 Å². The predicted molar refractivity (Wildman–Crippen MR) is 81.6 cm³/mol. The number of nitrogens with one attached hydrogen (secondary N) is 1. The Morgan fingerprint density at radius 1 is 1.14 bits per heavy atom. The molecule has 1 heterocycles. The number of anilines is 1. The van der Waals surface area contributed by atoms with Gasteiger partial charge in [-0.1, -0.05) is 12.1 Å². The second kappa shape index (κ2) is 7.08. The highest BCUT2D eigenvalue weighted by Gasteiger charge is 2.22. The zero-order chi connectivity index (χ0) is 15.2. The molecule has 1 aliphatic heterocycles. The van der Waals surface area contributed by atoms with Crippen LogP contribution in [-0.4, -0.2) is 61.4 Å². The molecule has 0 atom stereocenters. The van der Waals surface area contributed by atoms with E-state index in [1.807, 2.05) is 29.2 Å². The van der Waals surface area contributed by atoms with Crippen LogP contribution in [0.3, 0.4) is 0 Å². The van der Waals surface area contributed by atoms with E-state index in [2.05, 4.69) is 10.2 Å². The van der Waals surface area contributed by atoms with Gasteiger partial charge in [0.2, 0.25) is 11.8 Å². The first-order valence-corrected chi connectivity index (χ1v) is 7.13. The Balaban J connectivity index is 1.80. The highest BCUT2D eigenvalue weighted by Crippen LogP contribution is 2.09. The van der Waals surface area contributed by atoms with Gasteiger partial charge >= 0.3 is 0 Å². The fraction of sp³-hybridized carbons (Fsp3) is 0.467. The van der Waals surface area contributed by atoms with Crippen LogP contribution in [0.1, 0.15) is 5.56 Å². The minimum Gasteiger partial charge on any atom is -0.399 e. The van der Waals surface area contributed by atoms with E-state index in [1.165, 1.54) is 0 Å². The topological polar surface area (TPSA) is 78.7 Å². The third-order valence-electron chi connectivity index (χ3n) is 3.71. The van der Waals surface area contributed by atoms with Crippen LogP contribution in [0.2, 0.25) is 0 Å². The number of benzene rings is 1. The summed E-state index contributed by atoms with van der Waals surface area (Å²) in [6.45, 7) is 3.22. The maximum absolute atomic E-state index is 12.2. The molecule has 1 aromatic carbocycles. The number of carbonyl (C=O) groups is 2. The number of nitrogens with two attached hydrogens (primary N) is 1. The summed E-state index contributed by atoms with van der Waals surface area (Å²) < 4.78 is 0.